The molecule has 0 aromatic carbocycles. The van der Waals surface area contributed by atoms with Crippen LogP contribution >= 0.6 is 0 Å². The Labute approximate surface area is 104 Å². The summed E-state index contributed by atoms with van der Waals surface area (Å²) < 4.78 is 0. The lowest BCUT2D eigenvalue weighted by molar-refractivity contribution is -0.129. The van der Waals surface area contributed by atoms with Gasteiger partial charge < -0.3 is 5.11 Å². The highest BCUT2D eigenvalue weighted by atomic mass is 16.3. The largest absolute Gasteiger partial charge is 0.396 e. The molecule has 2 heteroatoms. The first-order valence-corrected chi connectivity index (χ1v) is 6.77. The highest BCUT2D eigenvalue weighted by molar-refractivity contribution is 5.81. The summed E-state index contributed by atoms with van der Waals surface area (Å²) in [7, 11) is 0. The SMILES string of the molecule is C=C1CCC[C@@H](CO)C(=O)C[C@@H]2[C@@H]1CC2(C)C. The van der Waals surface area contributed by atoms with E-state index in [0.717, 1.165) is 19.3 Å². The Hall–Kier alpha value is -0.630. The van der Waals surface area contributed by atoms with Crippen LogP contribution in [0.3, 0.4) is 0 Å². The van der Waals surface area contributed by atoms with Crippen LogP contribution in [-0.4, -0.2) is 17.5 Å². The van der Waals surface area contributed by atoms with Crippen LogP contribution in [0.5, 0.6) is 0 Å². The number of carbonyl (C=O) groups is 1. The molecule has 0 unspecified atom stereocenters. The number of fused-ring (bicyclic) bond motifs is 1. The number of Topliss-reactive ketones (excluding diaryl/α,β-unsaturated/α-hetero) is 1. The first-order chi connectivity index (χ1) is 7.95. The van der Waals surface area contributed by atoms with Crippen molar-refractivity contribution in [3.8, 4) is 0 Å². The van der Waals surface area contributed by atoms with E-state index in [2.05, 4.69) is 20.4 Å². The number of allylic oxidation sites excluding steroid dienone is 1. The molecule has 0 amide bonds. The van der Waals surface area contributed by atoms with Crippen LogP contribution in [-0.2, 0) is 4.79 Å². The molecule has 2 nitrogen and oxygen atoms in total. The summed E-state index contributed by atoms with van der Waals surface area (Å²) in [5.41, 5.74) is 1.61. The van der Waals surface area contributed by atoms with Gasteiger partial charge in [-0.25, -0.2) is 0 Å². The van der Waals surface area contributed by atoms with Crippen molar-refractivity contribution in [1.29, 1.82) is 0 Å². The Kier molecular flexibility index (Phi) is 3.44. The zero-order chi connectivity index (χ0) is 12.6. The molecule has 2 fully saturated rings. The molecule has 0 spiro atoms. The van der Waals surface area contributed by atoms with Crippen molar-refractivity contribution in [2.24, 2.45) is 23.2 Å². The van der Waals surface area contributed by atoms with E-state index in [-0.39, 0.29) is 23.7 Å². The molecule has 0 saturated heterocycles. The number of aliphatic hydroxyl groups excluding tert-OH is 1. The van der Waals surface area contributed by atoms with Gasteiger partial charge >= 0.3 is 0 Å². The zero-order valence-corrected chi connectivity index (χ0v) is 11.0. The van der Waals surface area contributed by atoms with E-state index < -0.39 is 0 Å². The van der Waals surface area contributed by atoms with E-state index in [4.69, 9.17) is 0 Å². The van der Waals surface area contributed by atoms with Gasteiger partial charge in [0.1, 0.15) is 5.78 Å². The lowest BCUT2D eigenvalue weighted by Gasteiger charge is -2.52. The molecule has 0 aliphatic heterocycles. The standard InChI is InChI=1S/C15H24O2/c1-10-5-4-6-11(9-16)14(17)7-13-12(10)8-15(13,2)3/h11-13,16H,1,4-9H2,2-3H3/t11-,12+,13+/m0/s1. The van der Waals surface area contributed by atoms with Gasteiger partial charge in [0.25, 0.3) is 0 Å². The molecule has 3 atom stereocenters. The van der Waals surface area contributed by atoms with Crippen LogP contribution in [0.2, 0.25) is 0 Å². The maximum Gasteiger partial charge on any atom is 0.138 e. The summed E-state index contributed by atoms with van der Waals surface area (Å²) in [5, 5.41) is 9.29. The number of aliphatic hydroxyl groups is 1. The number of ketones is 1. The first-order valence-electron chi connectivity index (χ1n) is 6.77. The smallest absolute Gasteiger partial charge is 0.138 e. The van der Waals surface area contributed by atoms with Gasteiger partial charge in [0.05, 0.1) is 6.61 Å². The van der Waals surface area contributed by atoms with E-state index in [0.29, 0.717) is 18.3 Å². The molecular weight excluding hydrogens is 212 g/mol. The molecule has 0 bridgehead atoms. The topological polar surface area (TPSA) is 37.3 Å². The number of rotatable bonds is 1. The quantitative estimate of drug-likeness (QED) is 0.711. The minimum absolute atomic E-state index is 0.0170. The average molecular weight is 236 g/mol. The maximum absolute atomic E-state index is 12.1. The van der Waals surface area contributed by atoms with Gasteiger partial charge in [-0.15, -0.1) is 0 Å². The predicted octanol–water partition coefficient (Wildman–Crippen LogP) is 2.96. The molecule has 1 N–H and O–H groups in total. The molecule has 0 radical (unpaired) electrons. The minimum atomic E-state index is -0.127. The van der Waals surface area contributed by atoms with Crippen molar-refractivity contribution in [1.82, 2.24) is 0 Å². The Morgan fingerprint density at radius 2 is 2.18 bits per heavy atom. The zero-order valence-electron chi connectivity index (χ0n) is 11.0. The normalized spacial score (nSPS) is 37.5. The van der Waals surface area contributed by atoms with Gasteiger partial charge in [-0.2, -0.15) is 0 Å². The van der Waals surface area contributed by atoms with Crippen molar-refractivity contribution >= 4 is 5.78 Å². The number of hydrogen-bond donors (Lipinski definition) is 1. The second-order valence-corrected chi connectivity index (χ2v) is 6.51. The van der Waals surface area contributed by atoms with Crippen LogP contribution in [0.4, 0.5) is 0 Å². The van der Waals surface area contributed by atoms with Crippen LogP contribution in [0, 0.1) is 23.2 Å². The van der Waals surface area contributed by atoms with Gasteiger partial charge in [0.2, 0.25) is 0 Å². The summed E-state index contributed by atoms with van der Waals surface area (Å²) in [6.07, 6.45) is 4.67. The number of carbonyl (C=O) groups excluding carboxylic acids is 1. The van der Waals surface area contributed by atoms with Crippen molar-refractivity contribution in [3.05, 3.63) is 12.2 Å². The van der Waals surface area contributed by atoms with Crippen LogP contribution in [0.15, 0.2) is 12.2 Å². The molecule has 0 aromatic rings. The second kappa shape index (κ2) is 4.56. The van der Waals surface area contributed by atoms with Gasteiger partial charge in [0, 0.05) is 12.3 Å². The molecule has 0 aromatic heterocycles. The van der Waals surface area contributed by atoms with E-state index in [1.54, 1.807) is 0 Å². The van der Waals surface area contributed by atoms with Crippen LogP contribution < -0.4 is 0 Å². The molecule has 2 aliphatic carbocycles. The third kappa shape index (κ3) is 2.33. The Morgan fingerprint density at radius 3 is 2.76 bits per heavy atom. The monoisotopic (exact) mass is 236 g/mol. The van der Waals surface area contributed by atoms with Crippen molar-refractivity contribution in [3.63, 3.8) is 0 Å². The summed E-state index contributed by atoms with van der Waals surface area (Å²) in [4.78, 5) is 12.1. The van der Waals surface area contributed by atoms with Crippen LogP contribution in [0.25, 0.3) is 0 Å². The second-order valence-electron chi connectivity index (χ2n) is 6.51. The first kappa shape index (κ1) is 12.8. The fourth-order valence-electron chi connectivity index (χ4n) is 3.59. The summed E-state index contributed by atoms with van der Waals surface area (Å²) >= 11 is 0. The predicted molar refractivity (Wildman–Crippen MR) is 68.6 cm³/mol. The number of hydrogen-bond acceptors (Lipinski definition) is 2. The van der Waals surface area contributed by atoms with Crippen molar-refractivity contribution < 1.29 is 9.90 Å². The van der Waals surface area contributed by atoms with E-state index in [1.165, 1.54) is 12.0 Å². The van der Waals surface area contributed by atoms with Crippen molar-refractivity contribution in [2.75, 3.05) is 6.61 Å². The van der Waals surface area contributed by atoms with E-state index in [1.807, 2.05) is 0 Å². The van der Waals surface area contributed by atoms with Gasteiger partial charge in [0.15, 0.2) is 0 Å². The maximum atomic E-state index is 12.1. The lowest BCUT2D eigenvalue weighted by Crippen LogP contribution is -2.46. The Bertz CT molecular complexity index is 330. The van der Waals surface area contributed by atoms with Gasteiger partial charge in [-0.1, -0.05) is 26.0 Å². The van der Waals surface area contributed by atoms with Crippen LogP contribution in [0.1, 0.15) is 46.0 Å². The highest BCUT2D eigenvalue weighted by Gasteiger charge is 2.49. The van der Waals surface area contributed by atoms with E-state index >= 15 is 0 Å². The summed E-state index contributed by atoms with van der Waals surface area (Å²) in [6.45, 7) is 8.73. The van der Waals surface area contributed by atoms with Gasteiger partial charge in [-0.05, 0) is 42.9 Å². The summed E-state index contributed by atoms with van der Waals surface area (Å²) in [6, 6.07) is 0. The van der Waals surface area contributed by atoms with Crippen molar-refractivity contribution in [2.45, 2.75) is 46.0 Å². The third-order valence-corrected chi connectivity index (χ3v) is 4.91. The third-order valence-electron chi connectivity index (χ3n) is 4.91. The molecule has 2 aliphatic rings. The molecular formula is C15H24O2. The molecule has 0 heterocycles. The Morgan fingerprint density at radius 1 is 1.47 bits per heavy atom. The molecule has 17 heavy (non-hydrogen) atoms. The summed E-state index contributed by atoms with van der Waals surface area (Å²) in [5.74, 6) is 1.14. The van der Waals surface area contributed by atoms with Gasteiger partial charge in [-0.3, -0.25) is 4.79 Å². The highest BCUT2D eigenvalue weighted by Crippen LogP contribution is 2.56. The molecule has 2 saturated carbocycles. The Balaban J connectivity index is 2.16. The fourth-order valence-corrected chi connectivity index (χ4v) is 3.59. The molecule has 2 rings (SSSR count). The molecule has 96 valence electrons. The fraction of sp³-hybridized carbons (Fsp3) is 0.800. The van der Waals surface area contributed by atoms with E-state index in [9.17, 15) is 9.90 Å². The lowest BCUT2D eigenvalue weighted by atomic mass is 9.52. The minimum Gasteiger partial charge on any atom is -0.396 e. The average Bonchev–Trinajstić information content (AvgIpc) is 2.31.